The van der Waals surface area contributed by atoms with Crippen molar-refractivity contribution in [3.8, 4) is 0 Å². The van der Waals surface area contributed by atoms with Crippen molar-refractivity contribution >= 4 is 11.7 Å². The second-order valence-corrected chi connectivity index (χ2v) is 6.95. The number of nitrogens with zero attached hydrogens (tertiary/aromatic N) is 1. The van der Waals surface area contributed by atoms with E-state index in [1.807, 2.05) is 23.1 Å². The molecule has 1 saturated heterocycles. The third kappa shape index (κ3) is 2.31. The molecule has 1 fully saturated rings. The molecule has 3 atom stereocenters. The minimum atomic E-state index is -0.258. The van der Waals surface area contributed by atoms with Crippen molar-refractivity contribution < 1.29 is 9.59 Å². The highest BCUT2D eigenvalue weighted by Crippen LogP contribution is 2.48. The Hall–Kier alpha value is -1.90. The molecule has 1 aliphatic carbocycles. The Labute approximate surface area is 125 Å². The van der Waals surface area contributed by atoms with E-state index in [1.54, 1.807) is 12.2 Å². The number of fused-ring (bicyclic) bond motifs is 1. The van der Waals surface area contributed by atoms with E-state index >= 15 is 0 Å². The number of rotatable bonds is 1. The quantitative estimate of drug-likeness (QED) is 0.794. The van der Waals surface area contributed by atoms with Crippen LogP contribution in [0.3, 0.4) is 0 Å². The van der Waals surface area contributed by atoms with Crippen LogP contribution in [0.5, 0.6) is 0 Å². The van der Waals surface area contributed by atoms with Gasteiger partial charge in [-0.15, -0.1) is 0 Å². The lowest BCUT2D eigenvalue weighted by Crippen LogP contribution is -2.44. The van der Waals surface area contributed by atoms with Crippen molar-refractivity contribution in [1.29, 1.82) is 0 Å². The highest BCUT2D eigenvalue weighted by Gasteiger charge is 2.52. The number of benzene rings is 1. The summed E-state index contributed by atoms with van der Waals surface area (Å²) in [4.78, 5) is 26.6. The number of likely N-dealkylation sites (tertiary alicyclic amines) is 1. The van der Waals surface area contributed by atoms with Crippen molar-refractivity contribution in [2.24, 2.45) is 11.8 Å². The van der Waals surface area contributed by atoms with E-state index in [0.29, 0.717) is 6.42 Å². The Kier molecular flexibility index (Phi) is 3.23. The number of hydrogen-bond donors (Lipinski definition) is 0. The highest BCUT2D eigenvalue weighted by atomic mass is 16.2. The molecule has 0 N–H and O–H groups in total. The van der Waals surface area contributed by atoms with Crippen LogP contribution in [-0.2, 0) is 9.59 Å². The summed E-state index contributed by atoms with van der Waals surface area (Å²) in [5.41, 5.74) is 0.864. The van der Waals surface area contributed by atoms with Gasteiger partial charge in [0.15, 0.2) is 5.78 Å². The molecule has 1 aromatic rings. The molecule has 0 unspecified atom stereocenters. The van der Waals surface area contributed by atoms with Crippen LogP contribution in [0.25, 0.3) is 0 Å². The first-order chi connectivity index (χ1) is 9.89. The smallest absolute Gasteiger partial charge is 0.230 e. The summed E-state index contributed by atoms with van der Waals surface area (Å²) in [7, 11) is 0. The van der Waals surface area contributed by atoms with E-state index in [2.05, 4.69) is 32.9 Å². The van der Waals surface area contributed by atoms with Crippen molar-refractivity contribution in [1.82, 2.24) is 4.90 Å². The average molecular weight is 283 g/mol. The Morgan fingerprint density at radius 3 is 2.38 bits per heavy atom. The van der Waals surface area contributed by atoms with Crippen molar-refractivity contribution in [3.63, 3.8) is 0 Å². The van der Waals surface area contributed by atoms with Gasteiger partial charge in [0.25, 0.3) is 0 Å². The first kappa shape index (κ1) is 14.1. The van der Waals surface area contributed by atoms with Crippen LogP contribution in [0.1, 0.15) is 38.8 Å². The van der Waals surface area contributed by atoms with Crippen molar-refractivity contribution in [3.05, 3.63) is 48.0 Å². The summed E-state index contributed by atoms with van der Waals surface area (Å²) in [5.74, 6) is 0.162. The lowest BCUT2D eigenvalue weighted by atomic mass is 9.79. The summed E-state index contributed by atoms with van der Waals surface area (Å²) in [5, 5.41) is 0. The predicted octanol–water partition coefficient (Wildman–Crippen LogP) is 3.13. The normalized spacial score (nSPS) is 28.9. The van der Waals surface area contributed by atoms with Gasteiger partial charge in [0.05, 0.1) is 12.0 Å². The molecule has 3 heteroatoms. The first-order valence-corrected chi connectivity index (χ1v) is 7.49. The molecule has 110 valence electrons. The second kappa shape index (κ2) is 4.83. The molecule has 1 aromatic carbocycles. The molecule has 0 radical (unpaired) electrons. The Morgan fingerprint density at radius 2 is 1.76 bits per heavy atom. The Morgan fingerprint density at radius 1 is 1.10 bits per heavy atom. The van der Waals surface area contributed by atoms with Gasteiger partial charge in [-0.1, -0.05) is 36.4 Å². The zero-order valence-corrected chi connectivity index (χ0v) is 12.7. The standard InChI is InChI=1S/C18H21NO2/c1-18(2,3)19-16(12-7-5-4-6-8-12)15-11-13(20)9-10-14(15)17(19)21/h4-10,14-16H,11H2,1-3H3/t14-,15+,16-/m0/s1. The van der Waals surface area contributed by atoms with Crippen LogP contribution in [0.4, 0.5) is 0 Å². The maximum Gasteiger partial charge on any atom is 0.230 e. The van der Waals surface area contributed by atoms with Gasteiger partial charge in [0, 0.05) is 17.9 Å². The van der Waals surface area contributed by atoms with E-state index in [-0.39, 0.29) is 35.1 Å². The second-order valence-electron chi connectivity index (χ2n) is 6.95. The molecule has 21 heavy (non-hydrogen) atoms. The SMILES string of the molecule is CC(C)(C)N1C(=O)[C@H]2C=CC(=O)C[C@H]2[C@@H]1c1ccccc1. The topological polar surface area (TPSA) is 37.4 Å². The lowest BCUT2D eigenvalue weighted by molar-refractivity contribution is -0.135. The van der Waals surface area contributed by atoms with Gasteiger partial charge < -0.3 is 4.90 Å². The summed E-state index contributed by atoms with van der Waals surface area (Å²) >= 11 is 0. The fourth-order valence-electron chi connectivity index (χ4n) is 3.64. The highest BCUT2D eigenvalue weighted by molar-refractivity contribution is 5.95. The largest absolute Gasteiger partial charge is 0.330 e. The molecule has 0 spiro atoms. The van der Waals surface area contributed by atoms with E-state index in [4.69, 9.17) is 0 Å². The first-order valence-electron chi connectivity index (χ1n) is 7.49. The minimum Gasteiger partial charge on any atom is -0.330 e. The zero-order chi connectivity index (χ0) is 15.2. The molecule has 0 saturated carbocycles. The van der Waals surface area contributed by atoms with Gasteiger partial charge in [0.1, 0.15) is 0 Å². The van der Waals surface area contributed by atoms with Gasteiger partial charge in [-0.05, 0) is 32.4 Å². The molecule has 0 bridgehead atoms. The van der Waals surface area contributed by atoms with Crippen LogP contribution in [-0.4, -0.2) is 22.1 Å². The zero-order valence-electron chi connectivity index (χ0n) is 12.7. The van der Waals surface area contributed by atoms with E-state index in [0.717, 1.165) is 5.56 Å². The predicted molar refractivity (Wildman–Crippen MR) is 81.5 cm³/mol. The summed E-state index contributed by atoms with van der Waals surface area (Å²) < 4.78 is 0. The van der Waals surface area contributed by atoms with Crippen molar-refractivity contribution in [2.75, 3.05) is 0 Å². The van der Waals surface area contributed by atoms with Gasteiger partial charge in [0.2, 0.25) is 5.91 Å². The van der Waals surface area contributed by atoms with Crippen molar-refractivity contribution in [2.45, 2.75) is 38.8 Å². The molecular weight excluding hydrogens is 262 g/mol. The third-order valence-corrected chi connectivity index (χ3v) is 4.46. The number of allylic oxidation sites excluding steroid dienone is 1. The molecule has 1 heterocycles. The number of carbonyl (C=O) groups excluding carboxylic acids is 2. The number of ketones is 1. The van der Waals surface area contributed by atoms with Crippen LogP contribution < -0.4 is 0 Å². The maximum atomic E-state index is 12.8. The van der Waals surface area contributed by atoms with Crippen LogP contribution >= 0.6 is 0 Å². The minimum absolute atomic E-state index is 0.0161. The molecule has 3 nitrogen and oxygen atoms in total. The Bertz CT molecular complexity index is 597. The summed E-state index contributed by atoms with van der Waals surface area (Å²) in [6.45, 7) is 6.18. The van der Waals surface area contributed by atoms with Gasteiger partial charge in [-0.3, -0.25) is 9.59 Å². The number of hydrogen-bond acceptors (Lipinski definition) is 2. The maximum absolute atomic E-state index is 12.8. The summed E-state index contributed by atoms with van der Waals surface area (Å²) in [6, 6.07) is 10.1. The number of carbonyl (C=O) groups is 2. The Balaban J connectivity index is 2.10. The summed E-state index contributed by atoms with van der Waals surface area (Å²) in [6.07, 6.45) is 3.84. The van der Waals surface area contributed by atoms with E-state index < -0.39 is 0 Å². The van der Waals surface area contributed by atoms with E-state index in [9.17, 15) is 9.59 Å². The molecular formula is C18H21NO2. The fourth-order valence-corrected chi connectivity index (χ4v) is 3.64. The molecule has 2 aliphatic rings. The molecule has 3 rings (SSSR count). The van der Waals surface area contributed by atoms with Gasteiger partial charge >= 0.3 is 0 Å². The van der Waals surface area contributed by atoms with Gasteiger partial charge in [-0.2, -0.15) is 0 Å². The van der Waals surface area contributed by atoms with Gasteiger partial charge in [-0.25, -0.2) is 0 Å². The average Bonchev–Trinajstić information content (AvgIpc) is 2.72. The lowest BCUT2D eigenvalue weighted by Gasteiger charge is -2.39. The fraction of sp³-hybridized carbons (Fsp3) is 0.444. The molecule has 1 amide bonds. The molecule has 0 aromatic heterocycles. The van der Waals surface area contributed by atoms with E-state index in [1.165, 1.54) is 0 Å². The third-order valence-electron chi connectivity index (χ3n) is 4.46. The van der Waals surface area contributed by atoms with Crippen LogP contribution in [0.2, 0.25) is 0 Å². The van der Waals surface area contributed by atoms with Crippen LogP contribution in [0, 0.1) is 11.8 Å². The monoisotopic (exact) mass is 283 g/mol. The van der Waals surface area contributed by atoms with Crippen LogP contribution in [0.15, 0.2) is 42.5 Å². The number of amides is 1. The molecule has 1 aliphatic heterocycles.